The largest absolute Gasteiger partial charge is 0.474 e. The van der Waals surface area contributed by atoms with Crippen molar-refractivity contribution in [1.29, 1.82) is 0 Å². The van der Waals surface area contributed by atoms with E-state index in [9.17, 15) is 0 Å². The van der Waals surface area contributed by atoms with Crippen LogP contribution in [0.2, 0.25) is 0 Å². The molecule has 0 aliphatic rings. The number of nitrogens with zero attached hydrogens (tertiary/aromatic N) is 2. The molecule has 1 rings (SSSR count). The van der Waals surface area contributed by atoms with Crippen LogP contribution >= 0.6 is 0 Å². The van der Waals surface area contributed by atoms with Crippen molar-refractivity contribution in [2.75, 3.05) is 0 Å². The number of aryl methyl sites for hydroxylation is 1. The van der Waals surface area contributed by atoms with Crippen LogP contribution < -0.4 is 4.74 Å². The maximum absolute atomic E-state index is 5.37. The Morgan fingerprint density at radius 1 is 1.27 bits per heavy atom. The van der Waals surface area contributed by atoms with E-state index in [2.05, 4.69) is 9.97 Å². The molecule has 0 bridgehead atoms. The molecule has 1 aromatic rings. The highest BCUT2D eigenvalue weighted by atomic mass is 16.5. The van der Waals surface area contributed by atoms with Gasteiger partial charge in [0.2, 0.25) is 5.88 Å². The summed E-state index contributed by atoms with van der Waals surface area (Å²) in [5, 5.41) is 0. The Bertz CT molecular complexity index is 235. The fourth-order valence-corrected chi connectivity index (χ4v) is 0.734. The van der Waals surface area contributed by atoms with Gasteiger partial charge in [-0.25, -0.2) is 4.98 Å². The first-order valence-corrected chi connectivity index (χ1v) is 3.64. The number of rotatable bonds is 2. The Hall–Kier alpha value is -1.12. The van der Waals surface area contributed by atoms with E-state index in [1.807, 2.05) is 20.8 Å². The van der Waals surface area contributed by atoms with Crippen molar-refractivity contribution in [3.63, 3.8) is 0 Å². The fourth-order valence-electron chi connectivity index (χ4n) is 0.734. The number of ether oxygens (including phenoxy) is 1. The smallest absolute Gasteiger partial charge is 0.235 e. The van der Waals surface area contributed by atoms with Crippen LogP contribution in [0.3, 0.4) is 0 Å². The summed E-state index contributed by atoms with van der Waals surface area (Å²) in [6.07, 6.45) is 3.44. The van der Waals surface area contributed by atoms with Crippen molar-refractivity contribution in [2.45, 2.75) is 26.9 Å². The van der Waals surface area contributed by atoms with Crippen LogP contribution in [0.5, 0.6) is 5.88 Å². The highest BCUT2D eigenvalue weighted by Gasteiger charge is 2.01. The minimum Gasteiger partial charge on any atom is -0.474 e. The van der Waals surface area contributed by atoms with Crippen LogP contribution in [0.1, 0.15) is 19.5 Å². The van der Waals surface area contributed by atoms with E-state index in [1.165, 1.54) is 0 Å². The normalized spacial score (nSPS) is 10.2. The third-order valence-electron chi connectivity index (χ3n) is 1.18. The third kappa shape index (κ3) is 2.18. The van der Waals surface area contributed by atoms with E-state index in [1.54, 1.807) is 12.4 Å². The summed E-state index contributed by atoms with van der Waals surface area (Å²) < 4.78 is 5.37. The average molecular weight is 152 g/mol. The van der Waals surface area contributed by atoms with E-state index in [4.69, 9.17) is 4.74 Å². The topological polar surface area (TPSA) is 35.0 Å². The van der Waals surface area contributed by atoms with Gasteiger partial charge in [0.05, 0.1) is 11.8 Å². The molecule has 0 unspecified atom stereocenters. The maximum atomic E-state index is 5.37. The Kier molecular flexibility index (Phi) is 2.41. The second kappa shape index (κ2) is 3.32. The van der Waals surface area contributed by atoms with Crippen LogP contribution in [-0.2, 0) is 0 Å². The lowest BCUT2D eigenvalue weighted by atomic mass is 10.4. The molecule has 1 aromatic heterocycles. The van der Waals surface area contributed by atoms with Crippen LogP contribution in [0, 0.1) is 6.92 Å². The molecule has 0 N–H and O–H groups in total. The number of aromatic nitrogens is 2. The Morgan fingerprint density at radius 2 is 1.91 bits per heavy atom. The minimum absolute atomic E-state index is 0.158. The summed E-state index contributed by atoms with van der Waals surface area (Å²) in [6, 6.07) is 0. The van der Waals surface area contributed by atoms with Gasteiger partial charge in [-0.2, -0.15) is 0 Å². The van der Waals surface area contributed by atoms with Crippen molar-refractivity contribution in [2.24, 2.45) is 0 Å². The van der Waals surface area contributed by atoms with Gasteiger partial charge in [0, 0.05) is 12.4 Å². The van der Waals surface area contributed by atoms with Crippen molar-refractivity contribution in [3.8, 4) is 5.88 Å². The van der Waals surface area contributed by atoms with Crippen molar-refractivity contribution < 1.29 is 4.74 Å². The van der Waals surface area contributed by atoms with Crippen LogP contribution in [0.25, 0.3) is 0 Å². The van der Waals surface area contributed by atoms with Gasteiger partial charge in [0.25, 0.3) is 0 Å². The van der Waals surface area contributed by atoms with E-state index in [0.29, 0.717) is 5.88 Å². The molecule has 0 amide bonds. The van der Waals surface area contributed by atoms with Gasteiger partial charge in [-0.15, -0.1) is 0 Å². The molecule has 0 saturated heterocycles. The zero-order valence-electron chi connectivity index (χ0n) is 7.03. The molecule has 0 spiro atoms. The highest BCUT2D eigenvalue weighted by Crippen LogP contribution is 2.10. The van der Waals surface area contributed by atoms with E-state index in [-0.39, 0.29) is 6.10 Å². The summed E-state index contributed by atoms with van der Waals surface area (Å²) in [5.41, 5.74) is 0.834. The van der Waals surface area contributed by atoms with Crippen molar-refractivity contribution in [1.82, 2.24) is 9.97 Å². The first-order chi connectivity index (χ1) is 5.20. The summed E-state index contributed by atoms with van der Waals surface area (Å²) in [5.74, 6) is 0.627. The summed E-state index contributed by atoms with van der Waals surface area (Å²) in [4.78, 5) is 8.08. The molecule has 60 valence electrons. The lowest BCUT2D eigenvalue weighted by Gasteiger charge is -2.08. The molecule has 0 atom stereocenters. The first-order valence-electron chi connectivity index (χ1n) is 3.64. The van der Waals surface area contributed by atoms with E-state index >= 15 is 0 Å². The molecule has 1 heterocycles. The van der Waals surface area contributed by atoms with Crippen molar-refractivity contribution >= 4 is 0 Å². The van der Waals surface area contributed by atoms with Gasteiger partial charge in [0.1, 0.15) is 0 Å². The number of hydrogen-bond acceptors (Lipinski definition) is 3. The third-order valence-corrected chi connectivity index (χ3v) is 1.18. The van der Waals surface area contributed by atoms with Crippen LogP contribution in [0.15, 0.2) is 12.4 Å². The predicted molar refractivity (Wildman–Crippen MR) is 42.5 cm³/mol. The monoisotopic (exact) mass is 152 g/mol. The molecule has 0 aliphatic carbocycles. The molecule has 0 aromatic carbocycles. The molecule has 0 saturated carbocycles. The summed E-state index contributed by atoms with van der Waals surface area (Å²) >= 11 is 0. The summed E-state index contributed by atoms with van der Waals surface area (Å²) in [6.45, 7) is 5.81. The minimum atomic E-state index is 0.158. The number of hydrogen-bond donors (Lipinski definition) is 0. The van der Waals surface area contributed by atoms with Crippen LogP contribution in [0.4, 0.5) is 0 Å². The van der Waals surface area contributed by atoms with Gasteiger partial charge in [-0.1, -0.05) is 0 Å². The highest BCUT2D eigenvalue weighted by molar-refractivity contribution is 5.14. The fraction of sp³-hybridized carbons (Fsp3) is 0.500. The van der Waals surface area contributed by atoms with Gasteiger partial charge >= 0.3 is 0 Å². The molecule has 3 nitrogen and oxygen atoms in total. The molecule has 3 heteroatoms. The van der Waals surface area contributed by atoms with E-state index in [0.717, 1.165) is 5.69 Å². The van der Waals surface area contributed by atoms with Gasteiger partial charge in [-0.3, -0.25) is 4.98 Å². The second-order valence-electron chi connectivity index (χ2n) is 2.61. The maximum Gasteiger partial charge on any atom is 0.235 e. The molecular formula is C8H12N2O. The lowest BCUT2D eigenvalue weighted by molar-refractivity contribution is 0.229. The molecule has 0 fully saturated rings. The van der Waals surface area contributed by atoms with Crippen LogP contribution in [-0.4, -0.2) is 16.1 Å². The first kappa shape index (κ1) is 7.98. The molecule has 0 aliphatic heterocycles. The SMILES string of the molecule is Cc1nccnc1OC(C)C. The molecular weight excluding hydrogens is 140 g/mol. The average Bonchev–Trinajstić information content (AvgIpc) is 1.93. The summed E-state index contributed by atoms with van der Waals surface area (Å²) in [7, 11) is 0. The van der Waals surface area contributed by atoms with Gasteiger partial charge < -0.3 is 4.74 Å². The second-order valence-corrected chi connectivity index (χ2v) is 2.61. The standard InChI is InChI=1S/C8H12N2O/c1-6(2)11-8-7(3)9-4-5-10-8/h4-6H,1-3H3. The molecule has 0 radical (unpaired) electrons. The Balaban J connectivity index is 2.78. The Labute approximate surface area is 66.4 Å². The van der Waals surface area contributed by atoms with E-state index < -0.39 is 0 Å². The quantitative estimate of drug-likeness (QED) is 0.645. The van der Waals surface area contributed by atoms with Gasteiger partial charge in [-0.05, 0) is 20.8 Å². The van der Waals surface area contributed by atoms with Crippen molar-refractivity contribution in [3.05, 3.63) is 18.1 Å². The lowest BCUT2D eigenvalue weighted by Crippen LogP contribution is -2.08. The Morgan fingerprint density at radius 3 is 2.45 bits per heavy atom. The van der Waals surface area contributed by atoms with Gasteiger partial charge in [0.15, 0.2) is 0 Å². The predicted octanol–water partition coefficient (Wildman–Crippen LogP) is 1.57. The zero-order chi connectivity index (χ0) is 8.27. The zero-order valence-corrected chi connectivity index (χ0v) is 7.03. The molecule has 11 heavy (non-hydrogen) atoms.